The Kier molecular flexibility index (Phi) is 6.26. The lowest BCUT2D eigenvalue weighted by atomic mass is 10.2. The zero-order valence-corrected chi connectivity index (χ0v) is 16.7. The number of rotatable bonds is 5. The molecule has 7 nitrogen and oxygen atoms in total. The molecule has 0 spiro atoms. The van der Waals surface area contributed by atoms with Crippen LogP contribution in [-0.4, -0.2) is 45.9 Å². The van der Waals surface area contributed by atoms with Crippen LogP contribution in [-0.2, 0) is 11.3 Å². The minimum Gasteiger partial charge on any atom is -0.355 e. The molecule has 146 valence electrons. The molecule has 3 heterocycles. The molecule has 1 fully saturated rings. The van der Waals surface area contributed by atoms with E-state index in [9.17, 15) is 14.4 Å². The van der Waals surface area contributed by atoms with Crippen LogP contribution >= 0.6 is 11.3 Å². The van der Waals surface area contributed by atoms with Gasteiger partial charge in [-0.05, 0) is 31.7 Å². The number of hydrogen-bond acceptors (Lipinski definition) is 5. The number of carbonyl (C=O) groups is 2. The van der Waals surface area contributed by atoms with Gasteiger partial charge < -0.3 is 10.2 Å². The van der Waals surface area contributed by atoms with Crippen molar-refractivity contribution in [1.82, 2.24) is 19.8 Å². The number of hydrogen-bond donors (Lipinski definition) is 1. The fourth-order valence-corrected chi connectivity index (χ4v) is 4.48. The Labute approximate surface area is 162 Å². The number of nitrogens with one attached hydrogen (secondary N) is 1. The third-order valence-corrected chi connectivity index (χ3v) is 6.08. The molecule has 3 rings (SSSR count). The first-order valence-electron chi connectivity index (χ1n) is 9.57. The molecule has 2 aromatic heterocycles. The summed E-state index contributed by atoms with van der Waals surface area (Å²) in [6, 6.07) is 0. The molecule has 0 unspecified atom stereocenters. The van der Waals surface area contributed by atoms with Gasteiger partial charge in [-0.3, -0.25) is 19.0 Å². The topological polar surface area (TPSA) is 84.3 Å². The molecule has 0 bridgehead atoms. The van der Waals surface area contributed by atoms with Crippen LogP contribution < -0.4 is 10.9 Å². The van der Waals surface area contributed by atoms with Crippen LogP contribution in [0.5, 0.6) is 0 Å². The Bertz CT molecular complexity index is 894. The van der Waals surface area contributed by atoms with Crippen LogP contribution in [0.25, 0.3) is 10.2 Å². The van der Waals surface area contributed by atoms with Crippen molar-refractivity contribution < 1.29 is 9.59 Å². The van der Waals surface area contributed by atoms with Gasteiger partial charge in [0.1, 0.15) is 11.4 Å². The molecule has 2 aromatic rings. The highest BCUT2D eigenvalue weighted by atomic mass is 32.1. The van der Waals surface area contributed by atoms with Gasteiger partial charge in [0, 0.05) is 19.6 Å². The molecule has 0 radical (unpaired) electrons. The lowest BCUT2D eigenvalue weighted by molar-refractivity contribution is -0.121. The normalized spacial score (nSPS) is 15.0. The number of carbonyl (C=O) groups excluding carboxylic acids is 2. The highest BCUT2D eigenvalue weighted by Crippen LogP contribution is 2.28. The van der Waals surface area contributed by atoms with E-state index in [-0.39, 0.29) is 23.9 Å². The van der Waals surface area contributed by atoms with Gasteiger partial charge in [0.25, 0.3) is 11.5 Å². The van der Waals surface area contributed by atoms with E-state index < -0.39 is 0 Å². The first kappa shape index (κ1) is 19.5. The summed E-state index contributed by atoms with van der Waals surface area (Å²) < 4.78 is 1.31. The van der Waals surface area contributed by atoms with Crippen LogP contribution in [0.4, 0.5) is 0 Å². The molecule has 1 saturated heterocycles. The largest absolute Gasteiger partial charge is 0.355 e. The van der Waals surface area contributed by atoms with Crippen molar-refractivity contribution in [1.29, 1.82) is 0 Å². The second-order valence-electron chi connectivity index (χ2n) is 6.97. The monoisotopic (exact) mass is 390 g/mol. The van der Waals surface area contributed by atoms with Crippen LogP contribution in [0.3, 0.4) is 0 Å². The Hall–Kier alpha value is -2.22. The Morgan fingerprint density at radius 2 is 1.93 bits per heavy atom. The predicted molar refractivity (Wildman–Crippen MR) is 106 cm³/mol. The number of thiophene rings is 1. The van der Waals surface area contributed by atoms with Crippen molar-refractivity contribution in [3.63, 3.8) is 0 Å². The van der Waals surface area contributed by atoms with Crippen molar-refractivity contribution in [2.45, 2.75) is 52.5 Å². The summed E-state index contributed by atoms with van der Waals surface area (Å²) in [5, 5.41) is 3.21. The summed E-state index contributed by atoms with van der Waals surface area (Å²) in [7, 11) is 0. The SMILES string of the molecule is CCCNC(=O)Cn1cnc2sc(C(=O)N3CCCCCC3)c(C)c2c1=O. The number of amides is 2. The van der Waals surface area contributed by atoms with E-state index in [1.807, 2.05) is 11.8 Å². The third-order valence-electron chi connectivity index (χ3n) is 4.89. The van der Waals surface area contributed by atoms with E-state index in [0.717, 1.165) is 45.2 Å². The summed E-state index contributed by atoms with van der Waals surface area (Å²) >= 11 is 1.27. The van der Waals surface area contributed by atoms with Crippen LogP contribution in [0.15, 0.2) is 11.1 Å². The van der Waals surface area contributed by atoms with E-state index in [0.29, 0.717) is 27.2 Å². The van der Waals surface area contributed by atoms with Gasteiger partial charge in [0.15, 0.2) is 0 Å². The summed E-state index contributed by atoms with van der Waals surface area (Å²) in [5.74, 6) is -0.224. The minimum absolute atomic E-state index is 0.0101. The summed E-state index contributed by atoms with van der Waals surface area (Å²) in [5.41, 5.74) is 0.403. The molecule has 8 heteroatoms. The Morgan fingerprint density at radius 1 is 1.22 bits per heavy atom. The molecule has 1 aliphatic heterocycles. The molecule has 0 atom stereocenters. The first-order chi connectivity index (χ1) is 13.0. The number of likely N-dealkylation sites (tertiary alicyclic amines) is 1. The summed E-state index contributed by atoms with van der Waals surface area (Å²) in [6.45, 7) is 5.82. The minimum atomic E-state index is -0.268. The van der Waals surface area contributed by atoms with Crippen LogP contribution in [0.2, 0.25) is 0 Å². The maximum Gasteiger partial charge on any atom is 0.264 e. The molecule has 2 amide bonds. The number of nitrogens with zero attached hydrogens (tertiary/aromatic N) is 3. The van der Waals surface area contributed by atoms with Gasteiger partial charge in [-0.15, -0.1) is 11.3 Å². The molecule has 0 aliphatic carbocycles. The van der Waals surface area contributed by atoms with E-state index in [4.69, 9.17) is 0 Å². The number of fused-ring (bicyclic) bond motifs is 1. The zero-order chi connectivity index (χ0) is 19.4. The quantitative estimate of drug-likeness (QED) is 0.849. The maximum atomic E-state index is 13.0. The Balaban J connectivity index is 1.90. The van der Waals surface area contributed by atoms with Gasteiger partial charge in [0.2, 0.25) is 5.91 Å². The second-order valence-corrected chi connectivity index (χ2v) is 7.97. The van der Waals surface area contributed by atoms with E-state index in [1.165, 1.54) is 22.2 Å². The van der Waals surface area contributed by atoms with Crippen molar-refractivity contribution in [3.8, 4) is 0 Å². The van der Waals surface area contributed by atoms with Crippen molar-refractivity contribution in [2.24, 2.45) is 0 Å². The van der Waals surface area contributed by atoms with Gasteiger partial charge in [-0.25, -0.2) is 4.98 Å². The van der Waals surface area contributed by atoms with Crippen molar-refractivity contribution >= 4 is 33.4 Å². The molecular formula is C19H26N4O3S. The molecular weight excluding hydrogens is 364 g/mol. The Morgan fingerprint density at radius 3 is 2.59 bits per heavy atom. The molecule has 0 saturated carbocycles. The lowest BCUT2D eigenvalue weighted by Gasteiger charge is -2.19. The number of aryl methyl sites for hydroxylation is 1. The smallest absolute Gasteiger partial charge is 0.264 e. The summed E-state index contributed by atoms with van der Waals surface area (Å²) in [6.07, 6.45) is 6.58. The van der Waals surface area contributed by atoms with Gasteiger partial charge in [0.05, 0.1) is 16.6 Å². The molecule has 1 aliphatic rings. The third kappa shape index (κ3) is 4.21. The molecule has 0 aromatic carbocycles. The standard InChI is InChI=1S/C19H26N4O3S/c1-3-8-20-14(24)11-23-12-21-17-15(18(23)25)13(2)16(27-17)19(26)22-9-6-4-5-7-10-22/h12H,3-11H2,1-2H3,(H,20,24). The van der Waals surface area contributed by atoms with Crippen LogP contribution in [0, 0.1) is 6.92 Å². The number of aromatic nitrogens is 2. The summed E-state index contributed by atoms with van der Waals surface area (Å²) in [4.78, 5) is 45.1. The van der Waals surface area contributed by atoms with Gasteiger partial charge in [-0.2, -0.15) is 0 Å². The average molecular weight is 391 g/mol. The molecule has 1 N–H and O–H groups in total. The maximum absolute atomic E-state index is 13.0. The highest BCUT2D eigenvalue weighted by Gasteiger charge is 2.24. The first-order valence-corrected chi connectivity index (χ1v) is 10.4. The fraction of sp³-hybridized carbons (Fsp3) is 0.579. The second kappa shape index (κ2) is 8.65. The average Bonchev–Trinajstić information content (AvgIpc) is 2.84. The van der Waals surface area contributed by atoms with Crippen molar-refractivity contribution in [2.75, 3.05) is 19.6 Å². The highest BCUT2D eigenvalue weighted by molar-refractivity contribution is 7.20. The van der Waals surface area contributed by atoms with E-state index in [2.05, 4.69) is 10.3 Å². The van der Waals surface area contributed by atoms with Crippen molar-refractivity contribution in [3.05, 3.63) is 27.1 Å². The molecule has 27 heavy (non-hydrogen) atoms. The van der Waals surface area contributed by atoms with Crippen LogP contribution in [0.1, 0.15) is 54.3 Å². The fourth-order valence-electron chi connectivity index (χ4n) is 3.37. The van der Waals surface area contributed by atoms with Gasteiger partial charge in [-0.1, -0.05) is 19.8 Å². The van der Waals surface area contributed by atoms with Gasteiger partial charge >= 0.3 is 0 Å². The van der Waals surface area contributed by atoms with E-state index >= 15 is 0 Å². The zero-order valence-electron chi connectivity index (χ0n) is 15.9. The van der Waals surface area contributed by atoms with E-state index in [1.54, 1.807) is 6.92 Å². The predicted octanol–water partition coefficient (Wildman–Crippen LogP) is 2.31. The lowest BCUT2D eigenvalue weighted by Crippen LogP contribution is -2.33.